The standard InChI is InChI=1S/C20H24O4/c1-3-5-9-13-14-11-7-8-12-16(14)18(20(23)24)17(19(21)22)15(13)10-6-4-2/h7-8,11-12H,3-6,9-10H2,1-2H3,(H,21,22)(H,23,24). The van der Waals surface area contributed by atoms with Gasteiger partial charge in [0.05, 0.1) is 11.1 Å². The van der Waals surface area contributed by atoms with E-state index in [1.165, 1.54) is 0 Å². The van der Waals surface area contributed by atoms with Crippen molar-refractivity contribution < 1.29 is 19.8 Å². The van der Waals surface area contributed by atoms with Gasteiger partial charge in [0.1, 0.15) is 0 Å². The summed E-state index contributed by atoms with van der Waals surface area (Å²) in [5, 5.41) is 20.8. The van der Waals surface area contributed by atoms with E-state index < -0.39 is 11.9 Å². The zero-order valence-electron chi connectivity index (χ0n) is 14.3. The zero-order chi connectivity index (χ0) is 17.7. The van der Waals surface area contributed by atoms with E-state index >= 15 is 0 Å². The fourth-order valence-electron chi connectivity index (χ4n) is 3.29. The van der Waals surface area contributed by atoms with Gasteiger partial charge >= 0.3 is 11.9 Å². The molecule has 0 spiro atoms. The number of aromatic carboxylic acids is 2. The molecule has 0 bridgehead atoms. The summed E-state index contributed by atoms with van der Waals surface area (Å²) < 4.78 is 0. The number of hydrogen-bond acceptors (Lipinski definition) is 2. The molecule has 0 radical (unpaired) electrons. The number of benzene rings is 2. The Morgan fingerprint density at radius 2 is 1.29 bits per heavy atom. The number of carboxylic acids is 2. The quantitative estimate of drug-likeness (QED) is 0.721. The van der Waals surface area contributed by atoms with Gasteiger partial charge in [-0.05, 0) is 47.6 Å². The van der Waals surface area contributed by atoms with Gasteiger partial charge in [-0.3, -0.25) is 0 Å². The second kappa shape index (κ2) is 7.95. The minimum atomic E-state index is -1.18. The molecule has 4 heteroatoms. The number of unbranched alkanes of at least 4 members (excludes halogenated alkanes) is 2. The predicted molar refractivity (Wildman–Crippen MR) is 95.1 cm³/mol. The third kappa shape index (κ3) is 3.42. The van der Waals surface area contributed by atoms with Crippen LogP contribution >= 0.6 is 0 Å². The van der Waals surface area contributed by atoms with Crippen molar-refractivity contribution in [2.45, 2.75) is 52.4 Å². The van der Waals surface area contributed by atoms with Crippen molar-refractivity contribution in [3.63, 3.8) is 0 Å². The highest BCUT2D eigenvalue weighted by Gasteiger charge is 2.26. The molecule has 0 saturated heterocycles. The lowest BCUT2D eigenvalue weighted by atomic mass is 9.85. The molecule has 0 aliphatic carbocycles. The van der Waals surface area contributed by atoms with E-state index in [9.17, 15) is 19.8 Å². The third-order valence-electron chi connectivity index (χ3n) is 4.43. The molecule has 0 heterocycles. The highest BCUT2D eigenvalue weighted by atomic mass is 16.4. The summed E-state index contributed by atoms with van der Waals surface area (Å²) in [5.41, 5.74) is 1.60. The number of hydrogen-bond donors (Lipinski definition) is 2. The molecule has 0 aliphatic heterocycles. The Morgan fingerprint density at radius 1 is 0.792 bits per heavy atom. The van der Waals surface area contributed by atoms with Crippen LogP contribution in [0.3, 0.4) is 0 Å². The first-order valence-electron chi connectivity index (χ1n) is 8.55. The molecule has 2 rings (SSSR count). The SMILES string of the molecule is CCCCc1c(C(=O)O)c(C(=O)O)c2ccccc2c1CCCC. The van der Waals surface area contributed by atoms with Crippen molar-refractivity contribution in [2.75, 3.05) is 0 Å². The lowest BCUT2D eigenvalue weighted by Crippen LogP contribution is -2.15. The van der Waals surface area contributed by atoms with Crippen LogP contribution in [0.4, 0.5) is 0 Å². The number of fused-ring (bicyclic) bond motifs is 1. The molecule has 0 aliphatic rings. The van der Waals surface area contributed by atoms with Crippen LogP contribution in [0.5, 0.6) is 0 Å². The van der Waals surface area contributed by atoms with Gasteiger partial charge in [-0.25, -0.2) is 9.59 Å². The van der Waals surface area contributed by atoms with E-state index in [1.807, 2.05) is 19.1 Å². The fourth-order valence-corrected chi connectivity index (χ4v) is 3.29. The lowest BCUT2D eigenvalue weighted by Gasteiger charge is -2.19. The molecule has 2 aromatic carbocycles. The average molecular weight is 328 g/mol. The van der Waals surface area contributed by atoms with Crippen molar-refractivity contribution >= 4 is 22.7 Å². The molecule has 2 aromatic rings. The van der Waals surface area contributed by atoms with Gasteiger partial charge in [0.25, 0.3) is 0 Å². The second-order valence-electron chi connectivity index (χ2n) is 6.07. The van der Waals surface area contributed by atoms with Crippen LogP contribution in [0.25, 0.3) is 10.8 Å². The van der Waals surface area contributed by atoms with Crippen LogP contribution in [0.1, 0.15) is 71.4 Å². The summed E-state index contributed by atoms with van der Waals surface area (Å²) >= 11 is 0. The maximum Gasteiger partial charge on any atom is 0.337 e. The Hall–Kier alpha value is -2.36. The molecule has 0 fully saturated rings. The van der Waals surface area contributed by atoms with E-state index in [-0.39, 0.29) is 11.1 Å². The van der Waals surface area contributed by atoms with Gasteiger partial charge in [0.2, 0.25) is 0 Å². The topological polar surface area (TPSA) is 74.6 Å². The fraction of sp³-hybridized carbons (Fsp3) is 0.400. The Balaban J connectivity index is 2.90. The molecule has 128 valence electrons. The molecule has 0 saturated carbocycles. The van der Waals surface area contributed by atoms with Gasteiger partial charge in [0, 0.05) is 0 Å². The van der Waals surface area contributed by atoms with Crippen LogP contribution in [0.2, 0.25) is 0 Å². The van der Waals surface area contributed by atoms with E-state index in [4.69, 9.17) is 0 Å². The Bertz CT molecular complexity index is 762. The van der Waals surface area contributed by atoms with Crippen LogP contribution in [0.15, 0.2) is 24.3 Å². The normalized spacial score (nSPS) is 10.9. The van der Waals surface area contributed by atoms with E-state index in [2.05, 4.69) is 6.92 Å². The minimum Gasteiger partial charge on any atom is -0.478 e. The molecule has 0 aromatic heterocycles. The van der Waals surface area contributed by atoms with Gasteiger partial charge < -0.3 is 10.2 Å². The Labute approximate surface area is 142 Å². The molecular formula is C20H24O4. The largest absolute Gasteiger partial charge is 0.478 e. The molecule has 4 nitrogen and oxygen atoms in total. The number of carbonyl (C=O) groups is 2. The van der Waals surface area contributed by atoms with E-state index in [0.29, 0.717) is 17.4 Å². The second-order valence-corrected chi connectivity index (χ2v) is 6.07. The van der Waals surface area contributed by atoms with E-state index in [0.717, 1.165) is 43.1 Å². The van der Waals surface area contributed by atoms with Crippen molar-refractivity contribution in [3.05, 3.63) is 46.5 Å². The van der Waals surface area contributed by atoms with Crippen molar-refractivity contribution in [1.82, 2.24) is 0 Å². The van der Waals surface area contributed by atoms with Gasteiger partial charge in [0.15, 0.2) is 0 Å². The molecular weight excluding hydrogens is 304 g/mol. The summed E-state index contributed by atoms with van der Waals surface area (Å²) in [6.45, 7) is 4.14. The first kappa shape index (κ1) is 18.0. The van der Waals surface area contributed by atoms with Crippen molar-refractivity contribution in [2.24, 2.45) is 0 Å². The lowest BCUT2D eigenvalue weighted by molar-refractivity contribution is 0.0652. The van der Waals surface area contributed by atoms with Crippen LogP contribution in [-0.2, 0) is 12.8 Å². The number of rotatable bonds is 8. The maximum atomic E-state index is 11.9. The highest BCUT2D eigenvalue weighted by Crippen LogP contribution is 2.33. The van der Waals surface area contributed by atoms with Gasteiger partial charge in [-0.15, -0.1) is 0 Å². The summed E-state index contributed by atoms with van der Waals surface area (Å²) in [5.74, 6) is -2.33. The molecule has 0 atom stereocenters. The summed E-state index contributed by atoms with van der Waals surface area (Å²) in [7, 11) is 0. The minimum absolute atomic E-state index is 0.0271. The summed E-state index contributed by atoms with van der Waals surface area (Å²) in [6.07, 6.45) is 5.11. The predicted octanol–water partition coefficient (Wildman–Crippen LogP) is 4.92. The summed E-state index contributed by atoms with van der Waals surface area (Å²) in [6, 6.07) is 7.27. The molecule has 2 N–H and O–H groups in total. The highest BCUT2D eigenvalue weighted by molar-refractivity contribution is 6.13. The average Bonchev–Trinajstić information content (AvgIpc) is 2.56. The zero-order valence-corrected chi connectivity index (χ0v) is 14.3. The smallest absolute Gasteiger partial charge is 0.337 e. The van der Waals surface area contributed by atoms with Crippen LogP contribution < -0.4 is 0 Å². The van der Waals surface area contributed by atoms with Gasteiger partial charge in [-0.1, -0.05) is 51.0 Å². The van der Waals surface area contributed by atoms with Gasteiger partial charge in [-0.2, -0.15) is 0 Å². The van der Waals surface area contributed by atoms with E-state index in [1.54, 1.807) is 12.1 Å². The first-order chi connectivity index (χ1) is 11.5. The van der Waals surface area contributed by atoms with Crippen molar-refractivity contribution in [3.8, 4) is 0 Å². The maximum absolute atomic E-state index is 11.9. The Morgan fingerprint density at radius 3 is 1.79 bits per heavy atom. The van der Waals surface area contributed by atoms with Crippen LogP contribution in [-0.4, -0.2) is 22.2 Å². The molecule has 0 unspecified atom stereocenters. The van der Waals surface area contributed by atoms with Crippen molar-refractivity contribution in [1.29, 1.82) is 0 Å². The summed E-state index contributed by atoms with van der Waals surface area (Å²) in [4.78, 5) is 23.7. The number of carboxylic acid groups (broad SMARTS) is 2. The first-order valence-corrected chi connectivity index (χ1v) is 8.55. The molecule has 24 heavy (non-hydrogen) atoms. The third-order valence-corrected chi connectivity index (χ3v) is 4.43. The molecule has 0 amide bonds. The van der Waals surface area contributed by atoms with Crippen LogP contribution in [0, 0.1) is 0 Å². The number of aryl methyl sites for hydroxylation is 1. The Kier molecular flexibility index (Phi) is 5.96. The monoisotopic (exact) mass is 328 g/mol.